The van der Waals surface area contributed by atoms with E-state index in [-0.39, 0.29) is 0 Å². The Bertz CT molecular complexity index is 4080. The summed E-state index contributed by atoms with van der Waals surface area (Å²) >= 11 is 0. The van der Waals surface area contributed by atoms with Gasteiger partial charge in [-0.1, -0.05) is 207 Å². The van der Waals surface area contributed by atoms with E-state index in [1.807, 2.05) is 0 Å². The molecule has 0 atom stereocenters. The van der Waals surface area contributed by atoms with Crippen LogP contribution in [-0.4, -0.2) is 39.5 Å². The Morgan fingerprint density at radius 3 is 1.25 bits per heavy atom. The van der Waals surface area contributed by atoms with E-state index in [9.17, 15) is 5.26 Å². The van der Waals surface area contributed by atoms with Crippen LogP contribution in [0.3, 0.4) is 0 Å². The molecule has 4 bridgehead atoms. The predicted octanol–water partition coefficient (Wildman–Crippen LogP) is 13.9. The maximum Gasteiger partial charge on any atom is 0.100 e. The van der Waals surface area contributed by atoms with Crippen LogP contribution in [-0.2, 0) is 0 Å². The normalized spacial score (nSPS) is 16.1. The molecule has 0 N–H and O–H groups in total. The zero-order valence-electron chi connectivity index (χ0n) is 40.1. The van der Waals surface area contributed by atoms with E-state index in [0.29, 0.717) is 0 Å². The van der Waals surface area contributed by atoms with Crippen molar-refractivity contribution in [3.63, 3.8) is 0 Å². The van der Waals surface area contributed by atoms with Crippen molar-refractivity contribution in [2.75, 3.05) is 0 Å². The molecule has 12 aromatic rings. The molecule has 13 rings (SSSR count). The van der Waals surface area contributed by atoms with Gasteiger partial charge in [-0.2, -0.15) is 5.26 Å². The third kappa shape index (κ3) is 5.21. The Balaban J connectivity index is 1.26. The molecule has 7 heteroatoms. The number of para-hydroxylation sites is 3. The van der Waals surface area contributed by atoms with Crippen LogP contribution in [0.5, 0.6) is 0 Å². The molecular formula is C61H53N3Si4. The lowest BCUT2D eigenvalue weighted by Gasteiger charge is -2.42. The molecule has 0 fully saturated rings. The van der Waals surface area contributed by atoms with Gasteiger partial charge in [-0.15, -0.1) is 0 Å². The molecule has 1 aliphatic heterocycles. The summed E-state index contributed by atoms with van der Waals surface area (Å²) in [6, 6.07) is 70.1. The zero-order chi connectivity index (χ0) is 46.6. The Hall–Kier alpha value is -6.80. The summed E-state index contributed by atoms with van der Waals surface area (Å²) in [6.45, 7) is 21.2. The highest BCUT2D eigenvalue weighted by molar-refractivity contribution is 7.51. The maximum absolute atomic E-state index is 11.1. The van der Waals surface area contributed by atoms with Gasteiger partial charge >= 0.3 is 0 Å². The van der Waals surface area contributed by atoms with Crippen molar-refractivity contribution in [2.24, 2.45) is 0 Å². The minimum Gasteiger partial charge on any atom is -0.309 e. The summed E-state index contributed by atoms with van der Waals surface area (Å²) in [5, 5.41) is 32.3. The minimum absolute atomic E-state index is 0.827. The van der Waals surface area contributed by atoms with Gasteiger partial charge in [0.1, 0.15) is 6.07 Å². The number of hydrogen-bond acceptors (Lipinski definition) is 1. The topological polar surface area (TPSA) is 33.6 Å². The summed E-state index contributed by atoms with van der Waals surface area (Å²) in [6.07, 6.45) is 0. The Morgan fingerprint density at radius 1 is 0.338 bits per heavy atom. The van der Waals surface area contributed by atoms with Gasteiger partial charge in [-0.05, 0) is 74.8 Å². The van der Waals surface area contributed by atoms with Gasteiger partial charge in [0.2, 0.25) is 0 Å². The van der Waals surface area contributed by atoms with Gasteiger partial charge in [0.15, 0.2) is 0 Å². The maximum atomic E-state index is 11.1. The molecule has 0 amide bonds. The number of nitrogens with zero attached hydrogens (tertiary/aromatic N) is 3. The first-order valence-corrected chi connectivity index (χ1v) is 38.2. The highest BCUT2D eigenvalue weighted by atomic mass is 29.3. The Kier molecular flexibility index (Phi) is 8.60. The summed E-state index contributed by atoms with van der Waals surface area (Å²) in [7, 11) is -9.36. The van der Waals surface area contributed by atoms with E-state index < -0.39 is 30.4 Å². The van der Waals surface area contributed by atoms with Gasteiger partial charge in [0, 0.05) is 38.0 Å². The molecule has 2 aromatic heterocycles. The van der Waals surface area contributed by atoms with E-state index in [2.05, 4.69) is 244 Å². The summed E-state index contributed by atoms with van der Waals surface area (Å²) < 4.78 is 5.16. The second kappa shape index (κ2) is 14.1. The largest absolute Gasteiger partial charge is 0.309 e. The average Bonchev–Trinajstić information content (AvgIpc) is 3.86. The molecule has 68 heavy (non-hydrogen) atoms. The summed E-state index contributed by atoms with van der Waals surface area (Å²) in [5.41, 5.74) is 8.19. The van der Waals surface area contributed by atoms with Crippen molar-refractivity contribution in [1.82, 2.24) is 9.13 Å². The van der Waals surface area contributed by atoms with Gasteiger partial charge in [0.25, 0.3) is 0 Å². The summed E-state index contributed by atoms with van der Waals surface area (Å²) in [5.74, 6) is 0. The molecule has 328 valence electrons. The van der Waals surface area contributed by atoms with Crippen molar-refractivity contribution in [3.05, 3.63) is 181 Å². The van der Waals surface area contributed by atoms with Crippen LogP contribution in [0.25, 0.3) is 98.1 Å². The van der Waals surface area contributed by atoms with E-state index in [4.69, 9.17) is 0 Å². The number of fused-ring (bicyclic) bond motifs is 7. The Labute approximate surface area is 401 Å². The molecule has 3 nitrogen and oxygen atoms in total. The second-order valence-corrected chi connectivity index (χ2v) is 51.7. The highest BCUT2D eigenvalue weighted by Gasteiger charge is 2.48. The van der Waals surface area contributed by atoms with Crippen molar-refractivity contribution >= 4 is 138 Å². The van der Waals surface area contributed by atoms with Crippen molar-refractivity contribution in [2.45, 2.75) is 52.4 Å². The third-order valence-corrected chi connectivity index (χ3v) is 53.1. The first-order chi connectivity index (χ1) is 32.8. The van der Waals surface area contributed by atoms with Crippen molar-refractivity contribution < 1.29 is 0 Å². The number of hydrogen-bond donors (Lipinski definition) is 0. The number of aromatic nitrogens is 2. The van der Waals surface area contributed by atoms with Crippen LogP contribution in [0.1, 0.15) is 5.56 Å². The van der Waals surface area contributed by atoms with Crippen LogP contribution >= 0.6 is 0 Å². The van der Waals surface area contributed by atoms with Crippen molar-refractivity contribution in [3.8, 4) is 17.4 Å². The first-order valence-electron chi connectivity index (χ1n) is 24.2. The van der Waals surface area contributed by atoms with Crippen LogP contribution in [0.2, 0.25) is 52.4 Å². The molecule has 1 aliphatic rings. The molecule has 3 heterocycles. The number of benzene rings is 10. The average molecular weight is 940 g/mol. The predicted molar refractivity (Wildman–Crippen MR) is 305 cm³/mol. The molecule has 0 saturated heterocycles. The van der Waals surface area contributed by atoms with E-state index in [1.54, 1.807) is 0 Å². The standard InChI is InChI=1S/C61H53N3Si4/c1-65(2)55-30-16-24-40-47(55)36-48-41(51(40)38-62)25-17-31-56(48)66(3,4)68(7,8)58-33-19-27-44-50(58)37-49-43(26-18-32-57(49)67(65,5)6)60(44)64-52-28-14-12-22-42(52)45-34-35-54-59(61(45)64)46-23-13-15-29-53(46)63(54)39-20-10-9-11-21-39/h9-37H,1-8H3. The molecule has 0 spiro atoms. The second-order valence-electron chi connectivity index (χ2n) is 21.6. The van der Waals surface area contributed by atoms with Crippen LogP contribution in [0, 0.1) is 11.3 Å². The van der Waals surface area contributed by atoms with Crippen molar-refractivity contribution in [1.29, 1.82) is 5.26 Å². The number of rotatable bonds is 2. The summed E-state index contributed by atoms with van der Waals surface area (Å²) in [4.78, 5) is 0. The van der Waals surface area contributed by atoms with Crippen LogP contribution < -0.4 is 20.7 Å². The molecular weight excluding hydrogens is 887 g/mol. The molecule has 0 saturated carbocycles. The van der Waals surface area contributed by atoms with E-state index in [0.717, 1.165) is 22.0 Å². The fourth-order valence-corrected chi connectivity index (χ4v) is 31.8. The first kappa shape index (κ1) is 41.4. The lowest BCUT2D eigenvalue weighted by atomic mass is 9.97. The zero-order valence-corrected chi connectivity index (χ0v) is 44.1. The Morgan fingerprint density at radius 2 is 0.750 bits per heavy atom. The molecule has 0 radical (unpaired) electrons. The van der Waals surface area contributed by atoms with E-state index in [1.165, 1.54) is 102 Å². The smallest absolute Gasteiger partial charge is 0.100 e. The number of nitriles is 1. The SMILES string of the molecule is C[Si]1(C)c2cccc3c(C#N)c4cccc(c4cc23)[Si](C)(C)[Si](C)(C)c2cccc3c(-n4c5ccccc5c5ccc6c(c7ccccc7n6-c6ccccc6)c54)c4cccc(c4cc23)[Si]1(C)C. The molecule has 0 unspecified atom stereocenters. The quantitative estimate of drug-likeness (QED) is 0.126. The lowest BCUT2D eigenvalue weighted by Crippen LogP contribution is -2.70. The monoisotopic (exact) mass is 939 g/mol. The third-order valence-electron chi connectivity index (χ3n) is 17.7. The van der Waals surface area contributed by atoms with Gasteiger partial charge in [-0.25, -0.2) is 0 Å². The highest BCUT2D eigenvalue weighted by Crippen LogP contribution is 2.45. The fraction of sp³-hybridized carbons (Fsp3) is 0.131. The van der Waals surface area contributed by atoms with E-state index >= 15 is 0 Å². The van der Waals surface area contributed by atoms with Gasteiger partial charge in [-0.3, -0.25) is 0 Å². The lowest BCUT2D eigenvalue weighted by molar-refractivity contribution is 1.18. The minimum atomic E-state index is -2.35. The van der Waals surface area contributed by atoms with Crippen LogP contribution in [0.15, 0.2) is 176 Å². The van der Waals surface area contributed by atoms with Gasteiger partial charge in [0.05, 0.1) is 63.7 Å². The molecule has 10 aromatic carbocycles. The van der Waals surface area contributed by atoms with Crippen LogP contribution in [0.4, 0.5) is 0 Å². The molecule has 0 aliphatic carbocycles. The fourth-order valence-electron chi connectivity index (χ4n) is 12.8. The van der Waals surface area contributed by atoms with Gasteiger partial charge < -0.3 is 9.13 Å².